The predicted molar refractivity (Wildman–Crippen MR) is 39.8 cm³/mol. The maximum atomic E-state index is 8.82. The van der Waals surface area contributed by atoms with Crippen molar-refractivity contribution >= 4 is 0 Å². The van der Waals surface area contributed by atoms with E-state index >= 15 is 0 Å². The second-order valence-electron chi connectivity index (χ2n) is 3.37. The Labute approximate surface area is 62.2 Å². The molecular formula is C8H16O2. The summed E-state index contributed by atoms with van der Waals surface area (Å²) in [5.41, 5.74) is 0. The Morgan fingerprint density at radius 3 is 2.70 bits per heavy atom. The lowest BCUT2D eigenvalue weighted by molar-refractivity contribution is -0.0706. The first-order valence-corrected chi connectivity index (χ1v) is 3.96. The molecule has 0 bridgehead atoms. The Hall–Kier alpha value is -0.0800. The van der Waals surface area contributed by atoms with Gasteiger partial charge in [-0.2, -0.15) is 0 Å². The topological polar surface area (TPSA) is 29.5 Å². The number of hydrogen-bond donors (Lipinski definition) is 1. The Balaban J connectivity index is 2.36. The molecule has 1 aliphatic heterocycles. The maximum Gasteiger partial charge on any atom is 0.0831 e. The van der Waals surface area contributed by atoms with Crippen LogP contribution in [-0.4, -0.2) is 24.4 Å². The first-order chi connectivity index (χ1) is 4.74. The number of aliphatic hydroxyl groups excluding tert-OH is 1. The SMILES string of the molecule is CC1COC(CO)C(C)C1. The molecule has 1 N–H and O–H groups in total. The first kappa shape index (κ1) is 8.02. The fourth-order valence-electron chi connectivity index (χ4n) is 1.54. The third-order valence-corrected chi connectivity index (χ3v) is 2.18. The average molecular weight is 144 g/mol. The van der Waals surface area contributed by atoms with Gasteiger partial charge in [-0.3, -0.25) is 0 Å². The van der Waals surface area contributed by atoms with Crippen LogP contribution in [0.1, 0.15) is 20.3 Å². The van der Waals surface area contributed by atoms with E-state index in [-0.39, 0.29) is 12.7 Å². The van der Waals surface area contributed by atoms with Gasteiger partial charge in [-0.15, -0.1) is 0 Å². The summed E-state index contributed by atoms with van der Waals surface area (Å²) in [7, 11) is 0. The van der Waals surface area contributed by atoms with E-state index in [1.54, 1.807) is 0 Å². The van der Waals surface area contributed by atoms with Crippen LogP contribution in [0, 0.1) is 11.8 Å². The molecule has 0 saturated carbocycles. The minimum absolute atomic E-state index is 0.0937. The average Bonchev–Trinajstić information content (AvgIpc) is 1.88. The molecule has 1 heterocycles. The van der Waals surface area contributed by atoms with Crippen molar-refractivity contribution in [2.45, 2.75) is 26.4 Å². The second kappa shape index (κ2) is 3.35. The fourth-order valence-corrected chi connectivity index (χ4v) is 1.54. The third-order valence-electron chi connectivity index (χ3n) is 2.18. The molecule has 0 radical (unpaired) electrons. The van der Waals surface area contributed by atoms with Gasteiger partial charge in [-0.1, -0.05) is 13.8 Å². The van der Waals surface area contributed by atoms with Crippen molar-refractivity contribution in [1.82, 2.24) is 0 Å². The van der Waals surface area contributed by atoms with Crippen molar-refractivity contribution in [3.8, 4) is 0 Å². The van der Waals surface area contributed by atoms with Crippen molar-refractivity contribution in [3.63, 3.8) is 0 Å². The molecule has 10 heavy (non-hydrogen) atoms. The molecule has 60 valence electrons. The van der Waals surface area contributed by atoms with Gasteiger partial charge in [0.2, 0.25) is 0 Å². The summed E-state index contributed by atoms with van der Waals surface area (Å²) in [5.74, 6) is 1.19. The number of hydrogen-bond acceptors (Lipinski definition) is 2. The molecule has 1 fully saturated rings. The van der Waals surface area contributed by atoms with Crippen LogP contribution in [0.4, 0.5) is 0 Å². The van der Waals surface area contributed by atoms with Crippen molar-refractivity contribution < 1.29 is 9.84 Å². The highest BCUT2D eigenvalue weighted by molar-refractivity contribution is 4.73. The largest absolute Gasteiger partial charge is 0.394 e. The molecule has 2 heteroatoms. The maximum absolute atomic E-state index is 8.82. The highest BCUT2D eigenvalue weighted by Gasteiger charge is 2.24. The van der Waals surface area contributed by atoms with Crippen LogP contribution in [0.2, 0.25) is 0 Å². The zero-order valence-corrected chi connectivity index (χ0v) is 6.71. The van der Waals surface area contributed by atoms with Crippen LogP contribution in [0.5, 0.6) is 0 Å². The molecule has 1 rings (SSSR count). The smallest absolute Gasteiger partial charge is 0.0831 e. The number of aliphatic hydroxyl groups is 1. The van der Waals surface area contributed by atoms with Gasteiger partial charge in [-0.25, -0.2) is 0 Å². The third kappa shape index (κ3) is 1.70. The Morgan fingerprint density at radius 1 is 1.50 bits per heavy atom. The standard InChI is InChI=1S/C8H16O2/c1-6-3-7(2)8(4-9)10-5-6/h6-9H,3-5H2,1-2H3. The van der Waals surface area contributed by atoms with E-state index in [9.17, 15) is 0 Å². The minimum Gasteiger partial charge on any atom is -0.394 e. The molecular weight excluding hydrogens is 128 g/mol. The van der Waals surface area contributed by atoms with Crippen LogP contribution in [-0.2, 0) is 4.74 Å². The molecule has 3 atom stereocenters. The van der Waals surface area contributed by atoms with Crippen LogP contribution in [0.25, 0.3) is 0 Å². The lowest BCUT2D eigenvalue weighted by Crippen LogP contribution is -2.34. The van der Waals surface area contributed by atoms with E-state index in [4.69, 9.17) is 9.84 Å². The Kier molecular flexibility index (Phi) is 2.69. The molecule has 1 aliphatic rings. The monoisotopic (exact) mass is 144 g/mol. The molecule has 0 spiro atoms. The Morgan fingerprint density at radius 2 is 2.20 bits per heavy atom. The van der Waals surface area contributed by atoms with Gasteiger partial charge in [-0.05, 0) is 18.3 Å². The van der Waals surface area contributed by atoms with Crippen molar-refractivity contribution in [1.29, 1.82) is 0 Å². The molecule has 2 nitrogen and oxygen atoms in total. The quantitative estimate of drug-likeness (QED) is 0.596. The molecule has 0 amide bonds. The summed E-state index contributed by atoms with van der Waals surface area (Å²) in [6.45, 7) is 5.31. The van der Waals surface area contributed by atoms with E-state index in [1.807, 2.05) is 0 Å². The summed E-state index contributed by atoms with van der Waals surface area (Å²) >= 11 is 0. The lowest BCUT2D eigenvalue weighted by Gasteiger charge is -2.31. The van der Waals surface area contributed by atoms with Crippen molar-refractivity contribution in [2.24, 2.45) is 11.8 Å². The number of ether oxygens (including phenoxy) is 1. The summed E-state index contributed by atoms with van der Waals surface area (Å²) in [5, 5.41) is 8.82. The minimum atomic E-state index is 0.0937. The molecule has 1 saturated heterocycles. The van der Waals surface area contributed by atoms with Gasteiger partial charge in [0.1, 0.15) is 0 Å². The van der Waals surface area contributed by atoms with E-state index in [1.165, 1.54) is 6.42 Å². The normalized spacial score (nSPS) is 41.7. The number of rotatable bonds is 1. The molecule has 0 aromatic rings. The van der Waals surface area contributed by atoms with E-state index in [0.29, 0.717) is 11.8 Å². The highest BCUT2D eigenvalue weighted by Crippen LogP contribution is 2.23. The summed E-state index contributed by atoms with van der Waals surface area (Å²) in [6.07, 6.45) is 1.28. The summed E-state index contributed by atoms with van der Waals surface area (Å²) < 4.78 is 5.40. The summed E-state index contributed by atoms with van der Waals surface area (Å²) in [6, 6.07) is 0. The van der Waals surface area contributed by atoms with Crippen LogP contribution >= 0.6 is 0 Å². The van der Waals surface area contributed by atoms with Crippen molar-refractivity contribution in [3.05, 3.63) is 0 Å². The molecule has 0 aromatic carbocycles. The molecule has 3 unspecified atom stereocenters. The predicted octanol–water partition coefficient (Wildman–Crippen LogP) is 1.04. The summed E-state index contributed by atoms with van der Waals surface area (Å²) in [4.78, 5) is 0. The first-order valence-electron chi connectivity index (χ1n) is 3.96. The molecule has 0 aromatic heterocycles. The second-order valence-corrected chi connectivity index (χ2v) is 3.37. The van der Waals surface area contributed by atoms with E-state index in [2.05, 4.69) is 13.8 Å². The van der Waals surface area contributed by atoms with Gasteiger partial charge in [0.15, 0.2) is 0 Å². The van der Waals surface area contributed by atoms with Gasteiger partial charge in [0.25, 0.3) is 0 Å². The van der Waals surface area contributed by atoms with Gasteiger partial charge >= 0.3 is 0 Å². The van der Waals surface area contributed by atoms with Gasteiger partial charge in [0, 0.05) is 6.61 Å². The van der Waals surface area contributed by atoms with Crippen LogP contribution in [0.15, 0.2) is 0 Å². The zero-order chi connectivity index (χ0) is 7.56. The highest BCUT2D eigenvalue weighted by atomic mass is 16.5. The van der Waals surface area contributed by atoms with Gasteiger partial charge in [0.05, 0.1) is 12.7 Å². The van der Waals surface area contributed by atoms with Crippen LogP contribution < -0.4 is 0 Å². The molecule has 0 aliphatic carbocycles. The van der Waals surface area contributed by atoms with E-state index in [0.717, 1.165) is 6.61 Å². The van der Waals surface area contributed by atoms with Crippen LogP contribution in [0.3, 0.4) is 0 Å². The lowest BCUT2D eigenvalue weighted by atomic mass is 9.91. The van der Waals surface area contributed by atoms with Gasteiger partial charge < -0.3 is 9.84 Å². The van der Waals surface area contributed by atoms with E-state index < -0.39 is 0 Å². The van der Waals surface area contributed by atoms with Crippen molar-refractivity contribution in [2.75, 3.05) is 13.2 Å². The fraction of sp³-hybridized carbons (Fsp3) is 1.00. The zero-order valence-electron chi connectivity index (χ0n) is 6.71. The Bertz CT molecular complexity index is 103.